The van der Waals surface area contributed by atoms with Gasteiger partial charge in [-0.1, -0.05) is 30.3 Å². The van der Waals surface area contributed by atoms with E-state index in [2.05, 4.69) is 27.9 Å². The number of nitrogens with two attached hydrogens (primary N) is 1. The molecule has 0 aliphatic heterocycles. The molecule has 0 atom stereocenters. The molecular weight excluding hydrogens is 298 g/mol. The minimum atomic E-state index is -0.582. The third kappa shape index (κ3) is 4.29. The van der Waals surface area contributed by atoms with Crippen molar-refractivity contribution in [1.29, 1.82) is 0 Å². The highest BCUT2D eigenvalue weighted by Gasteiger charge is 2.14. The van der Waals surface area contributed by atoms with Crippen LogP contribution in [0.4, 0.5) is 5.69 Å². The van der Waals surface area contributed by atoms with E-state index in [9.17, 15) is 4.79 Å². The lowest BCUT2D eigenvalue weighted by atomic mass is 10.1. The topological polar surface area (TPSA) is 85.0 Å². The van der Waals surface area contributed by atoms with Gasteiger partial charge in [0.2, 0.25) is 0 Å². The molecule has 0 bridgehead atoms. The summed E-state index contributed by atoms with van der Waals surface area (Å²) in [5, 5.41) is 10.6. The van der Waals surface area contributed by atoms with E-state index in [1.165, 1.54) is 5.56 Å². The van der Waals surface area contributed by atoms with Crippen LogP contribution in [0.2, 0.25) is 0 Å². The number of amides is 1. The molecule has 0 saturated carbocycles. The fourth-order valence-corrected chi connectivity index (χ4v) is 2.20. The molecule has 116 valence electrons. The normalized spacial score (nSPS) is 10.2. The largest absolute Gasteiger partial charge is 0.364 e. The number of nitrogens with one attached hydrogen (secondary N) is 2. The van der Waals surface area contributed by atoms with E-state index in [0.29, 0.717) is 23.9 Å². The van der Waals surface area contributed by atoms with Gasteiger partial charge in [-0.25, -0.2) is 0 Å². The molecule has 4 N–H and O–H groups in total. The molecule has 0 unspecified atom stereocenters. The zero-order valence-corrected chi connectivity index (χ0v) is 13.2. The average molecular weight is 317 g/mol. The van der Waals surface area contributed by atoms with Crippen molar-refractivity contribution < 1.29 is 4.79 Å². The highest BCUT2D eigenvalue weighted by Crippen LogP contribution is 2.13. The molecule has 1 aromatic heterocycles. The third-order valence-electron chi connectivity index (χ3n) is 3.11. The summed E-state index contributed by atoms with van der Waals surface area (Å²) in [6.07, 6.45) is 2.57. The second-order valence-corrected chi connectivity index (χ2v) is 5.14. The molecule has 0 radical (unpaired) electrons. The van der Waals surface area contributed by atoms with Crippen molar-refractivity contribution in [1.82, 2.24) is 15.1 Å². The maximum Gasteiger partial charge on any atom is 0.271 e. The Morgan fingerprint density at radius 2 is 2.09 bits per heavy atom. The van der Waals surface area contributed by atoms with Crippen molar-refractivity contribution in [2.45, 2.75) is 19.9 Å². The van der Waals surface area contributed by atoms with Gasteiger partial charge in [0.1, 0.15) is 0 Å². The minimum absolute atomic E-state index is 0.189. The number of anilines is 1. The molecule has 6 nitrogen and oxygen atoms in total. The van der Waals surface area contributed by atoms with Crippen molar-refractivity contribution in [3.63, 3.8) is 0 Å². The summed E-state index contributed by atoms with van der Waals surface area (Å²) >= 11 is 5.23. The fourth-order valence-electron chi connectivity index (χ4n) is 1.99. The van der Waals surface area contributed by atoms with E-state index in [4.69, 9.17) is 18.0 Å². The average Bonchev–Trinajstić information content (AvgIpc) is 2.91. The first-order valence-corrected chi connectivity index (χ1v) is 7.47. The van der Waals surface area contributed by atoms with Crippen molar-refractivity contribution in [3.8, 4) is 0 Å². The Balaban J connectivity index is 1.89. The van der Waals surface area contributed by atoms with E-state index < -0.39 is 5.91 Å². The number of carbonyl (C=O) groups excluding carboxylic acids is 1. The predicted octanol–water partition coefficient (Wildman–Crippen LogP) is 1.53. The van der Waals surface area contributed by atoms with Crippen LogP contribution in [-0.4, -0.2) is 27.3 Å². The summed E-state index contributed by atoms with van der Waals surface area (Å²) in [5.74, 6) is -0.582. The van der Waals surface area contributed by atoms with E-state index in [1.54, 1.807) is 10.9 Å². The van der Waals surface area contributed by atoms with Crippen LogP contribution in [0.25, 0.3) is 0 Å². The highest BCUT2D eigenvalue weighted by atomic mass is 32.1. The van der Waals surface area contributed by atoms with Crippen LogP contribution in [-0.2, 0) is 13.0 Å². The Hall–Kier alpha value is -2.41. The van der Waals surface area contributed by atoms with Gasteiger partial charge in [0.05, 0.1) is 5.69 Å². The van der Waals surface area contributed by atoms with Gasteiger partial charge >= 0.3 is 0 Å². The van der Waals surface area contributed by atoms with Gasteiger partial charge in [-0.2, -0.15) is 5.10 Å². The molecule has 1 amide bonds. The maximum atomic E-state index is 11.4. The lowest BCUT2D eigenvalue weighted by molar-refractivity contribution is 0.0995. The molecule has 0 spiro atoms. The number of primary amides is 1. The van der Waals surface area contributed by atoms with Crippen LogP contribution in [0.3, 0.4) is 0 Å². The number of carbonyl (C=O) groups is 1. The van der Waals surface area contributed by atoms with Gasteiger partial charge in [-0.05, 0) is 31.1 Å². The van der Waals surface area contributed by atoms with Gasteiger partial charge in [0.25, 0.3) is 5.91 Å². The molecular formula is C15H19N5OS. The second kappa shape index (κ2) is 7.56. The number of thiocarbonyl (C=S) groups is 1. The van der Waals surface area contributed by atoms with Crippen molar-refractivity contribution in [2.75, 3.05) is 11.9 Å². The van der Waals surface area contributed by atoms with Crippen molar-refractivity contribution in [2.24, 2.45) is 5.73 Å². The first-order chi connectivity index (χ1) is 10.6. The first-order valence-electron chi connectivity index (χ1n) is 7.06. The third-order valence-corrected chi connectivity index (χ3v) is 3.36. The molecule has 7 heteroatoms. The lowest BCUT2D eigenvalue weighted by Gasteiger charge is -2.09. The Morgan fingerprint density at radius 1 is 1.36 bits per heavy atom. The number of rotatable bonds is 6. The molecule has 22 heavy (non-hydrogen) atoms. The minimum Gasteiger partial charge on any atom is -0.364 e. The van der Waals surface area contributed by atoms with E-state index >= 15 is 0 Å². The van der Waals surface area contributed by atoms with Crippen LogP contribution in [0.5, 0.6) is 0 Å². The summed E-state index contributed by atoms with van der Waals surface area (Å²) in [6, 6.07) is 10.1. The van der Waals surface area contributed by atoms with Crippen LogP contribution in [0.15, 0.2) is 36.5 Å². The van der Waals surface area contributed by atoms with Crippen molar-refractivity contribution in [3.05, 3.63) is 47.8 Å². The standard InChI is InChI=1S/C15H19N5OS/c1-2-20-10-12(13(19-20)14(16)21)18-15(22)17-9-8-11-6-4-3-5-7-11/h3-7,10H,2,8-9H2,1H3,(H2,16,21)(H2,17,18,22). The smallest absolute Gasteiger partial charge is 0.271 e. The summed E-state index contributed by atoms with van der Waals surface area (Å²) in [4.78, 5) is 11.4. The number of nitrogens with zero attached hydrogens (tertiary/aromatic N) is 2. The van der Waals surface area contributed by atoms with Crippen LogP contribution >= 0.6 is 12.2 Å². The highest BCUT2D eigenvalue weighted by molar-refractivity contribution is 7.80. The Morgan fingerprint density at radius 3 is 2.73 bits per heavy atom. The number of hydrogen-bond acceptors (Lipinski definition) is 3. The van der Waals surface area contributed by atoms with Gasteiger partial charge < -0.3 is 16.4 Å². The number of aryl methyl sites for hydroxylation is 1. The number of aromatic nitrogens is 2. The van der Waals surface area contributed by atoms with E-state index in [-0.39, 0.29) is 5.69 Å². The van der Waals surface area contributed by atoms with E-state index in [1.807, 2.05) is 25.1 Å². The SMILES string of the molecule is CCn1cc(NC(=S)NCCc2ccccc2)c(C(N)=O)n1. The fraction of sp³-hybridized carbons (Fsp3) is 0.267. The maximum absolute atomic E-state index is 11.4. The lowest BCUT2D eigenvalue weighted by Crippen LogP contribution is -2.30. The Labute approximate surface area is 134 Å². The Kier molecular flexibility index (Phi) is 5.48. The molecule has 0 fully saturated rings. The predicted molar refractivity (Wildman–Crippen MR) is 90.8 cm³/mol. The molecule has 0 saturated heterocycles. The number of benzene rings is 1. The van der Waals surface area contributed by atoms with Crippen LogP contribution < -0.4 is 16.4 Å². The van der Waals surface area contributed by atoms with Crippen LogP contribution in [0.1, 0.15) is 23.0 Å². The van der Waals surface area contributed by atoms with Gasteiger partial charge in [-0.3, -0.25) is 9.48 Å². The molecule has 2 aromatic rings. The molecule has 2 rings (SSSR count). The van der Waals surface area contributed by atoms with Crippen molar-refractivity contribution >= 4 is 28.9 Å². The summed E-state index contributed by atoms with van der Waals surface area (Å²) in [6.45, 7) is 3.28. The quantitative estimate of drug-likeness (QED) is 0.704. The van der Waals surface area contributed by atoms with Crippen LogP contribution in [0, 0.1) is 0 Å². The van der Waals surface area contributed by atoms with Gasteiger partial charge in [-0.15, -0.1) is 0 Å². The van der Waals surface area contributed by atoms with Gasteiger partial charge in [0, 0.05) is 19.3 Å². The zero-order valence-electron chi connectivity index (χ0n) is 12.4. The van der Waals surface area contributed by atoms with E-state index in [0.717, 1.165) is 6.42 Å². The Bertz CT molecular complexity index is 653. The molecule has 1 heterocycles. The monoisotopic (exact) mass is 317 g/mol. The van der Waals surface area contributed by atoms with Gasteiger partial charge in [0.15, 0.2) is 10.8 Å². The number of hydrogen-bond donors (Lipinski definition) is 3. The summed E-state index contributed by atoms with van der Waals surface area (Å²) < 4.78 is 1.63. The first kappa shape index (κ1) is 16.0. The molecule has 0 aliphatic carbocycles. The molecule has 1 aromatic carbocycles. The summed E-state index contributed by atoms with van der Waals surface area (Å²) in [5.41, 5.74) is 7.26. The second-order valence-electron chi connectivity index (χ2n) is 4.73. The summed E-state index contributed by atoms with van der Waals surface area (Å²) in [7, 11) is 0. The zero-order chi connectivity index (χ0) is 15.9. The molecule has 0 aliphatic rings.